The monoisotopic (exact) mass is 291 g/mol. The van der Waals surface area contributed by atoms with Crippen molar-refractivity contribution < 1.29 is 23.1 Å². The molecule has 0 aromatic heterocycles. The maximum absolute atomic E-state index is 11.6. The van der Waals surface area contributed by atoms with E-state index in [2.05, 4.69) is 4.90 Å². The molecule has 0 bridgehead atoms. The highest BCUT2D eigenvalue weighted by atomic mass is 32.2. The average Bonchev–Trinajstić information content (AvgIpc) is 2.38. The molecule has 0 amide bonds. The smallest absolute Gasteiger partial charge is 0.334 e. The number of aliphatic carboxylic acids is 1. The molecule has 110 valence electrons. The molecule has 2 rings (SSSR count). The summed E-state index contributed by atoms with van der Waals surface area (Å²) in [6, 6.07) is 0.166. The molecule has 3 unspecified atom stereocenters. The molecule has 0 aromatic rings. The minimum absolute atomic E-state index is 0.166. The Hall–Kier alpha value is -0.660. The highest BCUT2D eigenvalue weighted by Gasteiger charge is 2.35. The van der Waals surface area contributed by atoms with Crippen molar-refractivity contribution in [3.63, 3.8) is 0 Å². The lowest BCUT2D eigenvalue weighted by Crippen LogP contribution is -2.52. The second-order valence-corrected chi connectivity index (χ2v) is 7.79. The van der Waals surface area contributed by atoms with Crippen LogP contribution < -0.4 is 0 Å². The van der Waals surface area contributed by atoms with Crippen molar-refractivity contribution >= 4 is 15.8 Å². The second kappa shape index (κ2) is 5.76. The molecule has 3 atom stereocenters. The summed E-state index contributed by atoms with van der Waals surface area (Å²) in [5.41, 5.74) is 0. The summed E-state index contributed by atoms with van der Waals surface area (Å²) in [7, 11) is -3.00. The molecule has 1 saturated carbocycles. The zero-order valence-electron chi connectivity index (χ0n) is 11.1. The molecule has 6 nitrogen and oxygen atoms in total. The number of rotatable bonds is 3. The number of carboxylic acids is 1. The summed E-state index contributed by atoms with van der Waals surface area (Å²) in [6.45, 7) is 1.44. The molecule has 1 heterocycles. The van der Waals surface area contributed by atoms with Crippen molar-refractivity contribution in [3.05, 3.63) is 0 Å². The van der Waals surface area contributed by atoms with E-state index >= 15 is 0 Å². The second-order valence-electron chi connectivity index (χ2n) is 5.46. The summed E-state index contributed by atoms with van der Waals surface area (Å²) in [6.07, 6.45) is 3.68. The van der Waals surface area contributed by atoms with Crippen molar-refractivity contribution in [2.75, 3.05) is 26.0 Å². The number of morpholine rings is 1. The SMILES string of the molecule is CS(=O)(=O)C1CCCC(N2CCOC(C(=O)O)C2)C1. The third-order valence-electron chi connectivity index (χ3n) is 4.09. The van der Waals surface area contributed by atoms with Crippen LogP contribution in [0.4, 0.5) is 0 Å². The van der Waals surface area contributed by atoms with Crippen LogP contribution in [0.5, 0.6) is 0 Å². The van der Waals surface area contributed by atoms with Gasteiger partial charge in [-0.3, -0.25) is 4.90 Å². The predicted octanol–water partition coefficient (Wildman–Crippen LogP) is 0.128. The minimum atomic E-state index is -3.00. The zero-order valence-corrected chi connectivity index (χ0v) is 11.9. The van der Waals surface area contributed by atoms with E-state index in [-0.39, 0.29) is 11.3 Å². The number of ether oxygens (including phenoxy) is 1. The Balaban J connectivity index is 1.99. The van der Waals surface area contributed by atoms with Gasteiger partial charge >= 0.3 is 5.97 Å². The van der Waals surface area contributed by atoms with Crippen molar-refractivity contribution in [1.82, 2.24) is 4.90 Å². The van der Waals surface area contributed by atoms with Crippen molar-refractivity contribution in [1.29, 1.82) is 0 Å². The molecular formula is C12H21NO5S. The molecule has 0 aromatic carbocycles. The number of hydrogen-bond acceptors (Lipinski definition) is 5. The maximum Gasteiger partial charge on any atom is 0.334 e. The van der Waals surface area contributed by atoms with Crippen LogP contribution in [-0.2, 0) is 19.4 Å². The molecular weight excluding hydrogens is 270 g/mol. The predicted molar refractivity (Wildman–Crippen MR) is 69.8 cm³/mol. The number of hydrogen-bond donors (Lipinski definition) is 1. The van der Waals surface area contributed by atoms with Gasteiger partial charge in [0.25, 0.3) is 0 Å². The molecule has 7 heteroatoms. The first kappa shape index (κ1) is 14.7. The maximum atomic E-state index is 11.6. The minimum Gasteiger partial charge on any atom is -0.479 e. The lowest BCUT2D eigenvalue weighted by Gasteiger charge is -2.40. The van der Waals surface area contributed by atoms with Gasteiger partial charge in [0.05, 0.1) is 11.9 Å². The lowest BCUT2D eigenvalue weighted by molar-refractivity contribution is -0.157. The fourth-order valence-electron chi connectivity index (χ4n) is 2.99. The Morgan fingerprint density at radius 3 is 2.74 bits per heavy atom. The van der Waals surface area contributed by atoms with Crippen LogP contribution >= 0.6 is 0 Å². The van der Waals surface area contributed by atoms with Crippen LogP contribution in [0.25, 0.3) is 0 Å². The summed E-state index contributed by atoms with van der Waals surface area (Å²) < 4.78 is 28.5. The largest absolute Gasteiger partial charge is 0.479 e. The van der Waals surface area contributed by atoms with Crippen LogP contribution in [0.1, 0.15) is 25.7 Å². The first-order valence-electron chi connectivity index (χ1n) is 6.65. The van der Waals surface area contributed by atoms with Gasteiger partial charge in [0, 0.05) is 25.4 Å². The summed E-state index contributed by atoms with van der Waals surface area (Å²) in [5, 5.41) is 8.71. The van der Waals surface area contributed by atoms with E-state index in [9.17, 15) is 13.2 Å². The molecule has 1 N–H and O–H groups in total. The number of sulfone groups is 1. The molecule has 2 fully saturated rings. The molecule has 0 spiro atoms. The van der Waals surface area contributed by atoms with E-state index in [1.165, 1.54) is 6.26 Å². The topological polar surface area (TPSA) is 83.9 Å². The molecule has 1 aliphatic carbocycles. The van der Waals surface area contributed by atoms with E-state index in [0.29, 0.717) is 26.1 Å². The quantitative estimate of drug-likeness (QED) is 0.795. The Morgan fingerprint density at radius 1 is 1.37 bits per heavy atom. The van der Waals surface area contributed by atoms with Gasteiger partial charge in [-0.1, -0.05) is 6.42 Å². The Bertz CT molecular complexity index is 435. The van der Waals surface area contributed by atoms with Gasteiger partial charge in [0.2, 0.25) is 0 Å². The van der Waals surface area contributed by atoms with Crippen LogP contribution in [0.2, 0.25) is 0 Å². The van der Waals surface area contributed by atoms with Gasteiger partial charge < -0.3 is 9.84 Å². The van der Waals surface area contributed by atoms with Crippen molar-refractivity contribution in [2.45, 2.75) is 43.1 Å². The number of carbonyl (C=O) groups is 1. The molecule has 0 radical (unpaired) electrons. The summed E-state index contributed by atoms with van der Waals surface area (Å²) >= 11 is 0. The van der Waals surface area contributed by atoms with Gasteiger partial charge in [0.1, 0.15) is 9.84 Å². The van der Waals surface area contributed by atoms with Gasteiger partial charge in [-0.25, -0.2) is 13.2 Å². The number of nitrogens with zero attached hydrogens (tertiary/aromatic N) is 1. The fraction of sp³-hybridized carbons (Fsp3) is 0.917. The van der Waals surface area contributed by atoms with Crippen LogP contribution in [0.3, 0.4) is 0 Å². The highest BCUT2D eigenvalue weighted by molar-refractivity contribution is 7.91. The summed E-state index contributed by atoms with van der Waals surface area (Å²) in [4.78, 5) is 13.0. The normalized spacial score (nSPS) is 34.1. The Labute approximate surface area is 113 Å². The Morgan fingerprint density at radius 2 is 2.11 bits per heavy atom. The molecule has 1 aliphatic heterocycles. The van der Waals surface area contributed by atoms with Gasteiger partial charge in [-0.05, 0) is 19.3 Å². The fourth-order valence-corrected chi connectivity index (χ4v) is 4.16. The van der Waals surface area contributed by atoms with Crippen molar-refractivity contribution in [2.24, 2.45) is 0 Å². The van der Waals surface area contributed by atoms with Crippen LogP contribution in [0.15, 0.2) is 0 Å². The Kier molecular flexibility index (Phi) is 4.47. The van der Waals surface area contributed by atoms with E-state index < -0.39 is 21.9 Å². The van der Waals surface area contributed by atoms with Gasteiger partial charge in [-0.15, -0.1) is 0 Å². The third kappa shape index (κ3) is 3.67. The molecule has 2 aliphatic rings. The number of carboxylic acid groups (broad SMARTS) is 1. The van der Waals surface area contributed by atoms with E-state index in [1.54, 1.807) is 0 Å². The first-order valence-corrected chi connectivity index (χ1v) is 8.60. The third-order valence-corrected chi connectivity index (χ3v) is 5.73. The zero-order chi connectivity index (χ0) is 14.0. The first-order chi connectivity index (χ1) is 8.88. The average molecular weight is 291 g/mol. The van der Waals surface area contributed by atoms with Crippen molar-refractivity contribution in [3.8, 4) is 0 Å². The van der Waals surface area contributed by atoms with Crippen LogP contribution in [-0.4, -0.2) is 67.7 Å². The van der Waals surface area contributed by atoms with Crippen LogP contribution in [0, 0.1) is 0 Å². The van der Waals surface area contributed by atoms with Gasteiger partial charge in [0.15, 0.2) is 6.10 Å². The lowest BCUT2D eigenvalue weighted by atomic mass is 9.93. The van der Waals surface area contributed by atoms with E-state index in [4.69, 9.17) is 9.84 Å². The van der Waals surface area contributed by atoms with Gasteiger partial charge in [-0.2, -0.15) is 0 Å². The standard InChI is InChI=1S/C12H21NO5S/c1-19(16,17)10-4-2-3-9(7-10)13-5-6-18-11(8-13)12(14)15/h9-11H,2-8H2,1H3,(H,14,15). The van der Waals surface area contributed by atoms with E-state index in [0.717, 1.165) is 19.3 Å². The molecule has 19 heavy (non-hydrogen) atoms. The molecule has 1 saturated heterocycles. The highest BCUT2D eigenvalue weighted by Crippen LogP contribution is 2.28. The van der Waals surface area contributed by atoms with E-state index in [1.807, 2.05) is 0 Å². The summed E-state index contributed by atoms with van der Waals surface area (Å²) in [5.74, 6) is -0.944.